The van der Waals surface area contributed by atoms with Crippen molar-refractivity contribution in [1.82, 2.24) is 10.6 Å². The molecule has 1 aromatic rings. The van der Waals surface area contributed by atoms with Gasteiger partial charge in [0.2, 0.25) is 5.91 Å². The number of benzene rings is 1. The van der Waals surface area contributed by atoms with E-state index in [0.29, 0.717) is 18.1 Å². The van der Waals surface area contributed by atoms with Gasteiger partial charge in [-0.3, -0.25) is 9.59 Å². The fraction of sp³-hybridized carbons (Fsp3) is 0.550. The van der Waals surface area contributed by atoms with Gasteiger partial charge in [-0.2, -0.15) is 0 Å². The van der Waals surface area contributed by atoms with Gasteiger partial charge in [0.1, 0.15) is 6.04 Å². The Morgan fingerprint density at radius 2 is 2.00 bits per heavy atom. The van der Waals surface area contributed by atoms with E-state index < -0.39 is 24.4 Å². The van der Waals surface area contributed by atoms with Crippen LogP contribution < -0.4 is 15.4 Å². The molecule has 2 aliphatic rings. The second-order valence-corrected chi connectivity index (χ2v) is 9.62. The molecule has 2 aliphatic heterocycles. The van der Waals surface area contributed by atoms with Crippen LogP contribution in [-0.4, -0.2) is 55.6 Å². The number of halogens is 2. The summed E-state index contributed by atoms with van der Waals surface area (Å²) in [4.78, 5) is 38.4. The first-order chi connectivity index (χ1) is 14.5. The predicted molar refractivity (Wildman–Crippen MR) is 118 cm³/mol. The molecule has 0 bridgehead atoms. The number of hydrogen-bond acceptors (Lipinski definition) is 5. The third kappa shape index (κ3) is 4.84. The van der Waals surface area contributed by atoms with Crippen LogP contribution >= 0.6 is 23.2 Å². The largest absolute Gasteiger partial charge is 0.609 e. The fourth-order valence-electron chi connectivity index (χ4n) is 4.64. The van der Waals surface area contributed by atoms with Gasteiger partial charge in [0.15, 0.2) is 0 Å². The predicted octanol–water partition coefficient (Wildman–Crippen LogP) is 0.981. The summed E-state index contributed by atoms with van der Waals surface area (Å²) in [6.07, 6.45) is 0.566. The zero-order valence-electron chi connectivity index (χ0n) is 18.0. The highest BCUT2D eigenvalue weighted by Crippen LogP contribution is 2.24. The molecule has 2 amide bonds. The van der Waals surface area contributed by atoms with Crippen molar-refractivity contribution in [2.75, 3.05) is 13.2 Å². The van der Waals surface area contributed by atoms with Crippen LogP contribution in [0.1, 0.15) is 44.5 Å². The second kappa shape index (κ2) is 9.36. The number of rotatable bonds is 7. The van der Waals surface area contributed by atoms with Crippen molar-refractivity contribution in [3.05, 3.63) is 33.8 Å². The van der Waals surface area contributed by atoms with E-state index in [1.807, 2.05) is 27.7 Å². The molecule has 0 radical (unpaired) electrons. The standard InChI is InChI=1S/C20H28BCl2N3O5/c1-11(2)7-17(21-26(12(3)10-30-21)13(4)20(29)31-21)25-18(27)9-24-19(28)15-8-14(22)5-6-16(15)23/h5-6,8,11-13,17,26H,7,9-10H2,1-4H3,(H,24,28)(H,25,27)/t12-,13-,17+,21?/m1/s1. The lowest BCUT2D eigenvalue weighted by molar-refractivity contribution is -0.831. The van der Waals surface area contributed by atoms with Crippen molar-refractivity contribution in [2.24, 2.45) is 5.92 Å². The lowest BCUT2D eigenvalue weighted by Crippen LogP contribution is -3.26. The second-order valence-electron chi connectivity index (χ2n) is 8.77. The highest BCUT2D eigenvalue weighted by molar-refractivity contribution is 6.64. The molecule has 31 heavy (non-hydrogen) atoms. The van der Waals surface area contributed by atoms with Gasteiger partial charge in [0.05, 0.1) is 29.8 Å². The van der Waals surface area contributed by atoms with Crippen molar-refractivity contribution in [3.8, 4) is 0 Å². The quantitative estimate of drug-likeness (QED) is 0.515. The topological polar surface area (TPSA) is 98.2 Å². The number of quaternary nitrogens is 1. The first kappa shape index (κ1) is 23.8. The molecule has 3 N–H and O–H groups in total. The van der Waals surface area contributed by atoms with Crippen LogP contribution in [0, 0.1) is 5.92 Å². The van der Waals surface area contributed by atoms with Crippen LogP contribution in [-0.2, 0) is 18.9 Å². The molecule has 0 spiro atoms. The molecule has 8 nitrogen and oxygen atoms in total. The molecule has 1 aromatic carbocycles. The smallest absolute Gasteiger partial charge is 0.548 e. The molecule has 2 heterocycles. The van der Waals surface area contributed by atoms with Gasteiger partial charge in [-0.1, -0.05) is 43.5 Å². The van der Waals surface area contributed by atoms with E-state index in [2.05, 4.69) is 10.6 Å². The maximum Gasteiger partial charge on any atom is 0.548 e. The minimum Gasteiger partial charge on any atom is -0.609 e. The van der Waals surface area contributed by atoms with Crippen LogP contribution in [0.5, 0.6) is 0 Å². The summed E-state index contributed by atoms with van der Waals surface area (Å²) in [7, 11) is 0. The summed E-state index contributed by atoms with van der Waals surface area (Å²) < 4.78 is 11.8. The molecular formula is C20H28BCl2N3O5. The van der Waals surface area contributed by atoms with Crippen LogP contribution in [0.15, 0.2) is 18.2 Å². The van der Waals surface area contributed by atoms with E-state index >= 15 is 0 Å². The van der Waals surface area contributed by atoms with Gasteiger partial charge in [0.25, 0.3) is 5.91 Å². The lowest BCUT2D eigenvalue weighted by Gasteiger charge is -2.40. The van der Waals surface area contributed by atoms with E-state index in [1.54, 1.807) is 6.07 Å². The maximum atomic E-state index is 12.7. The summed E-state index contributed by atoms with van der Waals surface area (Å²) in [5, 5.41) is 6.10. The average molecular weight is 472 g/mol. The van der Waals surface area contributed by atoms with Crippen molar-refractivity contribution < 1.29 is 28.5 Å². The molecule has 0 aromatic heterocycles. The van der Waals surface area contributed by atoms with Crippen LogP contribution in [0.4, 0.5) is 0 Å². The van der Waals surface area contributed by atoms with Gasteiger partial charge < -0.3 is 24.8 Å². The van der Waals surface area contributed by atoms with Crippen LogP contribution in [0.3, 0.4) is 0 Å². The number of nitrogens with one attached hydrogen (secondary N) is 3. The van der Waals surface area contributed by atoms with Crippen molar-refractivity contribution >= 4 is 47.7 Å². The number of carbonyl (C=O) groups excluding carboxylic acids is 3. The summed E-state index contributed by atoms with van der Waals surface area (Å²) in [6, 6.07) is 4.23. The molecule has 0 saturated carbocycles. The van der Waals surface area contributed by atoms with Gasteiger partial charge in [0, 0.05) is 11.0 Å². The molecule has 170 valence electrons. The molecule has 11 heteroatoms. The van der Waals surface area contributed by atoms with E-state index in [0.717, 1.165) is 4.81 Å². The summed E-state index contributed by atoms with van der Waals surface area (Å²) in [5.41, 5.74) is 0.186. The van der Waals surface area contributed by atoms with E-state index in [4.69, 9.17) is 32.5 Å². The number of carbonyl (C=O) groups is 3. The van der Waals surface area contributed by atoms with E-state index in [1.165, 1.54) is 12.1 Å². The summed E-state index contributed by atoms with van der Waals surface area (Å²) in [6.45, 7) is 5.95. The Bertz CT molecular complexity index is 886. The minimum absolute atomic E-state index is 0.0673. The number of fused-ring (bicyclic) bond motifs is 1. The Hall–Kier alpha value is -1.81. The highest BCUT2D eigenvalue weighted by Gasteiger charge is 2.64. The number of hydrogen-bond donors (Lipinski definition) is 3. The molecule has 5 atom stereocenters. The molecule has 2 unspecified atom stereocenters. The average Bonchev–Trinajstić information content (AvgIpc) is 3.16. The summed E-state index contributed by atoms with van der Waals surface area (Å²) in [5.74, 6) is -1.53. The zero-order valence-corrected chi connectivity index (χ0v) is 19.5. The Kier molecular flexibility index (Phi) is 7.20. The monoisotopic (exact) mass is 471 g/mol. The first-order valence-electron chi connectivity index (χ1n) is 10.5. The van der Waals surface area contributed by atoms with E-state index in [-0.39, 0.29) is 41.1 Å². The Morgan fingerprint density at radius 3 is 2.68 bits per heavy atom. The Labute approximate surface area is 191 Å². The highest BCUT2D eigenvalue weighted by atomic mass is 35.5. The third-order valence-electron chi connectivity index (χ3n) is 5.96. The minimum atomic E-state index is -2.09. The van der Waals surface area contributed by atoms with Gasteiger partial charge >= 0.3 is 12.7 Å². The third-order valence-corrected chi connectivity index (χ3v) is 6.52. The van der Waals surface area contributed by atoms with Gasteiger partial charge in [-0.25, -0.2) is 4.79 Å². The van der Waals surface area contributed by atoms with Gasteiger partial charge in [-0.15, -0.1) is 0 Å². The first-order valence-corrected chi connectivity index (χ1v) is 11.2. The normalized spacial score (nSPS) is 28.2. The zero-order chi connectivity index (χ0) is 22.9. The SMILES string of the molecule is CC(C)C[C@H](NC(=O)CNC(=O)c1cc(Cl)ccc1Cl)[B-]12OC[C@@H](C)[NH+]1[C@H](C)C(=O)O2. The van der Waals surface area contributed by atoms with Crippen molar-refractivity contribution in [3.63, 3.8) is 0 Å². The molecular weight excluding hydrogens is 444 g/mol. The lowest BCUT2D eigenvalue weighted by atomic mass is 9.59. The van der Waals surface area contributed by atoms with Gasteiger partial charge in [-0.05, 0) is 38.0 Å². The van der Waals surface area contributed by atoms with Crippen molar-refractivity contribution in [2.45, 2.75) is 52.1 Å². The Morgan fingerprint density at radius 1 is 1.29 bits per heavy atom. The van der Waals surface area contributed by atoms with Crippen molar-refractivity contribution in [1.29, 1.82) is 0 Å². The molecule has 0 aliphatic carbocycles. The number of amides is 2. The van der Waals surface area contributed by atoms with Crippen LogP contribution in [0.25, 0.3) is 0 Å². The Balaban J connectivity index is 1.71. The maximum absolute atomic E-state index is 12.7. The molecule has 2 fully saturated rings. The summed E-state index contributed by atoms with van der Waals surface area (Å²) >= 11 is 12.0. The van der Waals surface area contributed by atoms with Crippen LogP contribution in [0.2, 0.25) is 10.0 Å². The fourth-order valence-corrected chi connectivity index (χ4v) is 5.01. The van der Waals surface area contributed by atoms with E-state index in [9.17, 15) is 14.4 Å². The molecule has 3 rings (SSSR count). The molecule has 2 saturated heterocycles.